The molecule has 0 bridgehead atoms. The van der Waals surface area contributed by atoms with Crippen LogP contribution in [0.2, 0.25) is 0 Å². The summed E-state index contributed by atoms with van der Waals surface area (Å²) in [7, 11) is 1.39. The smallest absolute Gasteiger partial charge is 0.339 e. The second kappa shape index (κ2) is 6.49. The second-order valence-electron chi connectivity index (χ2n) is 4.26. The summed E-state index contributed by atoms with van der Waals surface area (Å²) in [4.78, 5) is 28.2. The zero-order chi connectivity index (χ0) is 16.1. The number of methoxy groups -OCH3 is 1. The number of benzene rings is 2. The van der Waals surface area contributed by atoms with Gasteiger partial charge in [-0.15, -0.1) is 0 Å². The van der Waals surface area contributed by atoms with Gasteiger partial charge in [0.25, 0.3) is 5.91 Å². The molecule has 2 aromatic carbocycles. The van der Waals surface area contributed by atoms with E-state index in [9.17, 15) is 9.59 Å². The maximum absolute atomic E-state index is 11.9. The summed E-state index contributed by atoms with van der Waals surface area (Å²) in [6, 6.07) is 11.0. The number of rotatable bonds is 5. The maximum atomic E-state index is 11.9. The Hall–Kier alpha value is -3.22. The number of carboxylic acid groups (broad SMARTS) is 1. The Balaban J connectivity index is 2.25. The van der Waals surface area contributed by atoms with Crippen LogP contribution in [-0.2, 0) is 0 Å². The van der Waals surface area contributed by atoms with Gasteiger partial charge in [-0.3, -0.25) is 4.79 Å². The number of amides is 1. The van der Waals surface area contributed by atoms with Gasteiger partial charge in [0.15, 0.2) is 5.75 Å². The number of hydroxylamine groups is 1. The van der Waals surface area contributed by atoms with Gasteiger partial charge in [-0.1, -0.05) is 18.2 Å². The van der Waals surface area contributed by atoms with Crippen LogP contribution in [0.15, 0.2) is 42.5 Å². The number of anilines is 1. The molecule has 0 aliphatic heterocycles. The average Bonchev–Trinajstić information content (AvgIpc) is 2.53. The number of hydrogen-bond donors (Lipinski definition) is 3. The lowest BCUT2D eigenvalue weighted by atomic mass is 10.1. The average molecular weight is 302 g/mol. The largest absolute Gasteiger partial charge is 0.494 e. The van der Waals surface area contributed by atoms with E-state index in [1.165, 1.54) is 19.2 Å². The molecular weight excluding hydrogens is 288 g/mol. The summed E-state index contributed by atoms with van der Waals surface area (Å²) in [6.45, 7) is 0. The van der Waals surface area contributed by atoms with E-state index in [2.05, 4.69) is 5.48 Å². The van der Waals surface area contributed by atoms with Gasteiger partial charge in [-0.25, -0.2) is 4.79 Å². The highest BCUT2D eigenvalue weighted by Gasteiger charge is 2.19. The van der Waals surface area contributed by atoms with Crippen LogP contribution in [-0.4, -0.2) is 24.1 Å². The topological polar surface area (TPSA) is 111 Å². The lowest BCUT2D eigenvalue weighted by molar-refractivity contribution is 0.0667. The number of ether oxygens (including phenoxy) is 1. The molecule has 7 nitrogen and oxygen atoms in total. The van der Waals surface area contributed by atoms with Crippen molar-refractivity contribution >= 4 is 17.6 Å². The minimum absolute atomic E-state index is 0.0178. The lowest BCUT2D eigenvalue weighted by Crippen LogP contribution is -2.28. The number of carbonyl (C=O) groups is 2. The third kappa shape index (κ3) is 3.09. The van der Waals surface area contributed by atoms with Crippen LogP contribution in [0.4, 0.5) is 5.69 Å². The van der Waals surface area contributed by atoms with Crippen molar-refractivity contribution in [2.24, 2.45) is 0 Å². The highest BCUT2D eigenvalue weighted by Crippen LogP contribution is 2.34. The summed E-state index contributed by atoms with van der Waals surface area (Å²) in [6.07, 6.45) is 0. The Morgan fingerprint density at radius 2 is 1.82 bits per heavy atom. The van der Waals surface area contributed by atoms with Crippen LogP contribution in [0.3, 0.4) is 0 Å². The van der Waals surface area contributed by atoms with Gasteiger partial charge in [0, 0.05) is 5.56 Å². The fourth-order valence-corrected chi connectivity index (χ4v) is 1.78. The summed E-state index contributed by atoms with van der Waals surface area (Å²) >= 11 is 0. The monoisotopic (exact) mass is 302 g/mol. The van der Waals surface area contributed by atoms with Crippen molar-refractivity contribution in [1.29, 1.82) is 0 Å². The van der Waals surface area contributed by atoms with Gasteiger partial charge in [0.05, 0.1) is 7.11 Å². The van der Waals surface area contributed by atoms with Crippen molar-refractivity contribution in [2.45, 2.75) is 0 Å². The number of carboxylic acids is 1. The van der Waals surface area contributed by atoms with E-state index in [0.717, 1.165) is 0 Å². The van der Waals surface area contributed by atoms with Crippen molar-refractivity contribution < 1.29 is 24.3 Å². The fraction of sp³-hybridized carbons (Fsp3) is 0.0667. The first-order valence-electron chi connectivity index (χ1n) is 6.26. The first-order valence-corrected chi connectivity index (χ1v) is 6.26. The van der Waals surface area contributed by atoms with E-state index in [1.807, 2.05) is 0 Å². The van der Waals surface area contributed by atoms with Gasteiger partial charge in [0.1, 0.15) is 17.0 Å². The molecule has 0 atom stereocenters. The maximum Gasteiger partial charge on any atom is 0.339 e. The molecule has 0 saturated heterocycles. The molecule has 0 spiro atoms. The number of nitrogens with one attached hydrogen (secondary N) is 1. The first-order chi connectivity index (χ1) is 10.5. The van der Waals surface area contributed by atoms with Crippen LogP contribution >= 0.6 is 0 Å². The van der Waals surface area contributed by atoms with Gasteiger partial charge in [0.2, 0.25) is 0 Å². The number of aromatic carboxylic acids is 1. The van der Waals surface area contributed by atoms with E-state index in [-0.39, 0.29) is 22.7 Å². The Morgan fingerprint density at radius 3 is 2.41 bits per heavy atom. The van der Waals surface area contributed by atoms with Gasteiger partial charge < -0.3 is 20.4 Å². The third-order valence-electron chi connectivity index (χ3n) is 2.89. The predicted molar refractivity (Wildman–Crippen MR) is 78.9 cm³/mol. The zero-order valence-electron chi connectivity index (χ0n) is 11.7. The Labute approximate surface area is 126 Å². The van der Waals surface area contributed by atoms with Crippen molar-refractivity contribution in [2.75, 3.05) is 12.8 Å². The number of nitrogens with two attached hydrogens (primary N) is 1. The normalized spacial score (nSPS) is 9.86. The first kappa shape index (κ1) is 15.2. The summed E-state index contributed by atoms with van der Waals surface area (Å²) in [5.41, 5.74) is 8.11. The van der Waals surface area contributed by atoms with Crippen molar-refractivity contribution in [3.63, 3.8) is 0 Å². The minimum Gasteiger partial charge on any atom is -0.494 e. The highest BCUT2D eigenvalue weighted by atomic mass is 16.7. The second-order valence-corrected chi connectivity index (χ2v) is 4.26. The third-order valence-corrected chi connectivity index (χ3v) is 2.89. The molecule has 114 valence electrons. The molecular formula is C15H14N2O5. The summed E-state index contributed by atoms with van der Waals surface area (Å²) in [5, 5.41) is 9.15. The number of hydrogen-bond acceptors (Lipinski definition) is 5. The van der Waals surface area contributed by atoms with Crippen LogP contribution in [0.1, 0.15) is 20.7 Å². The zero-order valence-corrected chi connectivity index (χ0v) is 11.7. The fourth-order valence-electron chi connectivity index (χ4n) is 1.78. The van der Waals surface area contributed by atoms with Crippen molar-refractivity contribution in [1.82, 2.24) is 5.48 Å². The lowest BCUT2D eigenvalue weighted by Gasteiger charge is -2.14. The van der Waals surface area contributed by atoms with E-state index >= 15 is 0 Å². The van der Waals surface area contributed by atoms with E-state index < -0.39 is 11.9 Å². The molecule has 0 aliphatic carbocycles. The molecule has 0 radical (unpaired) electrons. The minimum atomic E-state index is -1.24. The molecule has 7 heteroatoms. The van der Waals surface area contributed by atoms with E-state index in [0.29, 0.717) is 5.56 Å². The predicted octanol–water partition coefficient (Wildman–Crippen LogP) is 1.70. The van der Waals surface area contributed by atoms with E-state index in [1.54, 1.807) is 30.3 Å². The molecule has 2 rings (SSSR count). The molecule has 0 heterocycles. The number of nitrogen functional groups attached to an aromatic ring is 1. The van der Waals surface area contributed by atoms with E-state index in [4.69, 9.17) is 20.4 Å². The molecule has 0 unspecified atom stereocenters. The van der Waals surface area contributed by atoms with Gasteiger partial charge >= 0.3 is 5.97 Å². The molecule has 0 aromatic heterocycles. The molecule has 4 N–H and O–H groups in total. The Morgan fingerprint density at radius 1 is 1.14 bits per heavy atom. The highest BCUT2D eigenvalue weighted by molar-refractivity contribution is 5.95. The van der Waals surface area contributed by atoms with Gasteiger partial charge in [-0.2, -0.15) is 5.48 Å². The Kier molecular flexibility index (Phi) is 4.47. The van der Waals surface area contributed by atoms with Crippen LogP contribution in [0.5, 0.6) is 11.5 Å². The number of carbonyl (C=O) groups excluding carboxylic acids is 1. The van der Waals surface area contributed by atoms with Crippen molar-refractivity contribution in [3.8, 4) is 11.5 Å². The molecule has 22 heavy (non-hydrogen) atoms. The van der Waals surface area contributed by atoms with Gasteiger partial charge in [-0.05, 0) is 24.3 Å². The molecule has 1 amide bonds. The molecule has 0 aliphatic rings. The quantitative estimate of drug-likeness (QED) is 0.572. The standard InChI is InChI=1S/C15H14N2O5/c1-21-11-8-7-10(15(19)20)13(12(11)16)22-17-14(18)9-5-3-2-4-6-9/h2-8H,16H2,1H3,(H,17,18)(H,19,20). The molecule has 0 saturated carbocycles. The van der Waals surface area contributed by atoms with Crippen LogP contribution in [0, 0.1) is 0 Å². The SMILES string of the molecule is COc1ccc(C(=O)O)c(ONC(=O)c2ccccc2)c1N. The van der Waals surface area contributed by atoms with Crippen LogP contribution < -0.4 is 20.8 Å². The Bertz CT molecular complexity index is 701. The molecule has 0 fully saturated rings. The molecule has 2 aromatic rings. The summed E-state index contributed by atoms with van der Waals surface area (Å²) in [5.74, 6) is -1.71. The van der Waals surface area contributed by atoms with Crippen LogP contribution in [0.25, 0.3) is 0 Å². The summed E-state index contributed by atoms with van der Waals surface area (Å²) < 4.78 is 5.00. The van der Waals surface area contributed by atoms with Crippen molar-refractivity contribution in [3.05, 3.63) is 53.6 Å².